The summed E-state index contributed by atoms with van der Waals surface area (Å²) in [4.78, 5) is 37.8. The van der Waals surface area contributed by atoms with Crippen LogP contribution in [0.2, 0.25) is 0 Å². The number of rotatable bonds is 1. The van der Waals surface area contributed by atoms with Crippen LogP contribution in [0.4, 0.5) is 0 Å². The largest absolute Gasteiger partial charge is 0.507 e. The number of hydrogen-bond donors (Lipinski definition) is 5. The van der Waals surface area contributed by atoms with Gasteiger partial charge in [0.25, 0.3) is 0 Å². The monoisotopic (exact) mass is 383 g/mol. The van der Waals surface area contributed by atoms with Gasteiger partial charge < -0.3 is 26.2 Å². The molecule has 0 heterocycles. The summed E-state index contributed by atoms with van der Waals surface area (Å²) in [6, 6.07) is 5.92. The van der Waals surface area contributed by atoms with Gasteiger partial charge in [0.2, 0.25) is 0 Å². The van der Waals surface area contributed by atoms with Crippen molar-refractivity contribution in [2.24, 2.45) is 5.73 Å². The van der Waals surface area contributed by atoms with Crippen LogP contribution in [-0.2, 0) is 4.79 Å². The molecule has 8 heteroatoms. The van der Waals surface area contributed by atoms with Crippen LogP contribution in [-0.4, -0.2) is 43.3 Å². The third-order valence-electron chi connectivity index (χ3n) is 5.68. The Kier molecular flexibility index (Phi) is 3.73. The number of hydrogen-bond acceptors (Lipinski definition) is 8. The van der Waals surface area contributed by atoms with E-state index in [4.69, 9.17) is 5.73 Å². The van der Waals surface area contributed by atoms with Gasteiger partial charge in [0.15, 0.2) is 17.3 Å². The van der Waals surface area contributed by atoms with Crippen molar-refractivity contribution in [2.75, 3.05) is 0 Å². The van der Waals surface area contributed by atoms with Crippen molar-refractivity contribution in [3.05, 3.63) is 57.6 Å². The topological polar surface area (TPSA) is 158 Å². The number of carbonyl (C=O) groups excluding carboxylic acids is 3. The van der Waals surface area contributed by atoms with Crippen molar-refractivity contribution in [3.63, 3.8) is 0 Å². The maximum atomic E-state index is 12.9. The van der Waals surface area contributed by atoms with Gasteiger partial charge in [-0.3, -0.25) is 14.4 Å². The molecule has 0 amide bonds. The summed E-state index contributed by atoms with van der Waals surface area (Å²) < 4.78 is 0. The number of fused-ring (bicyclic) bond motifs is 3. The molecule has 0 saturated heterocycles. The fourth-order valence-corrected chi connectivity index (χ4v) is 4.09. The molecular formula is C20H17NO7. The Balaban J connectivity index is 2.08. The van der Waals surface area contributed by atoms with Crippen LogP contribution in [0.3, 0.4) is 0 Å². The smallest absolute Gasteiger partial charge is 0.198 e. The summed E-state index contributed by atoms with van der Waals surface area (Å²) >= 11 is 0. The molecule has 28 heavy (non-hydrogen) atoms. The molecule has 0 fully saturated rings. The third-order valence-corrected chi connectivity index (χ3v) is 5.68. The fourth-order valence-electron chi connectivity index (χ4n) is 4.09. The first-order chi connectivity index (χ1) is 13.1. The van der Waals surface area contributed by atoms with Crippen LogP contribution in [0.25, 0.3) is 0 Å². The van der Waals surface area contributed by atoms with Crippen LogP contribution in [0.5, 0.6) is 11.5 Å². The van der Waals surface area contributed by atoms with E-state index in [1.54, 1.807) is 12.1 Å². The lowest BCUT2D eigenvalue weighted by atomic mass is 9.69. The Morgan fingerprint density at radius 3 is 1.93 bits per heavy atom. The van der Waals surface area contributed by atoms with Crippen molar-refractivity contribution in [1.29, 1.82) is 0 Å². The summed E-state index contributed by atoms with van der Waals surface area (Å²) in [5.74, 6) is -3.56. The van der Waals surface area contributed by atoms with Gasteiger partial charge in [-0.25, -0.2) is 0 Å². The van der Waals surface area contributed by atoms with E-state index in [0.29, 0.717) is 0 Å². The van der Waals surface area contributed by atoms with Gasteiger partial charge >= 0.3 is 0 Å². The van der Waals surface area contributed by atoms with Gasteiger partial charge in [-0.05, 0) is 6.92 Å². The average Bonchev–Trinajstić information content (AvgIpc) is 2.65. The van der Waals surface area contributed by atoms with Crippen LogP contribution < -0.4 is 5.73 Å². The Morgan fingerprint density at radius 2 is 1.46 bits per heavy atom. The van der Waals surface area contributed by atoms with Gasteiger partial charge in [0.1, 0.15) is 23.1 Å². The SMILES string of the molecule is CC(=O)[C@]1(N)C[C@H](O)c2c(O)c3c(c(O)c2[C@H]1O)C(=O)c1ccccc1C3=O. The molecule has 0 spiro atoms. The maximum Gasteiger partial charge on any atom is 0.198 e. The summed E-state index contributed by atoms with van der Waals surface area (Å²) in [6.45, 7) is 1.13. The third kappa shape index (κ3) is 2.07. The fraction of sp³-hybridized carbons (Fsp3) is 0.250. The molecule has 0 aromatic heterocycles. The number of aliphatic hydroxyl groups excluding tert-OH is 2. The molecule has 2 aliphatic rings. The van der Waals surface area contributed by atoms with E-state index in [2.05, 4.69) is 0 Å². The lowest BCUT2D eigenvalue weighted by Crippen LogP contribution is -2.55. The highest BCUT2D eigenvalue weighted by atomic mass is 16.3. The van der Waals surface area contributed by atoms with Crippen molar-refractivity contribution in [2.45, 2.75) is 31.1 Å². The number of phenolic OH excluding ortho intramolecular Hbond substituents is 2. The number of ketones is 3. The van der Waals surface area contributed by atoms with E-state index < -0.39 is 69.7 Å². The minimum atomic E-state index is -1.93. The molecule has 2 aliphatic carbocycles. The lowest BCUT2D eigenvalue weighted by Gasteiger charge is -2.41. The predicted molar refractivity (Wildman–Crippen MR) is 95.2 cm³/mol. The second-order valence-electron chi connectivity index (χ2n) is 7.20. The number of aromatic hydroxyl groups is 2. The molecule has 3 atom stereocenters. The van der Waals surface area contributed by atoms with E-state index >= 15 is 0 Å². The van der Waals surface area contributed by atoms with Crippen LogP contribution in [0.15, 0.2) is 24.3 Å². The quantitative estimate of drug-likeness (QED) is 0.383. The van der Waals surface area contributed by atoms with Crippen LogP contribution in [0.1, 0.15) is 68.5 Å². The Bertz CT molecular complexity index is 1090. The molecule has 2 aromatic carbocycles. The van der Waals surface area contributed by atoms with E-state index in [1.165, 1.54) is 12.1 Å². The Hall–Kier alpha value is -3.07. The highest BCUT2D eigenvalue weighted by Crippen LogP contribution is 2.53. The van der Waals surface area contributed by atoms with Crippen molar-refractivity contribution < 1.29 is 34.8 Å². The van der Waals surface area contributed by atoms with Crippen molar-refractivity contribution in [3.8, 4) is 11.5 Å². The summed E-state index contributed by atoms with van der Waals surface area (Å²) in [7, 11) is 0. The first kappa shape index (κ1) is 18.3. The normalized spacial score (nSPS) is 25.7. The molecular weight excluding hydrogens is 366 g/mol. The number of Topliss-reactive ketones (excluding diaryl/α,β-unsaturated/α-hetero) is 1. The second-order valence-corrected chi connectivity index (χ2v) is 7.20. The highest BCUT2D eigenvalue weighted by Gasteiger charge is 2.51. The molecule has 0 radical (unpaired) electrons. The van der Waals surface area contributed by atoms with Gasteiger partial charge in [0.05, 0.1) is 17.2 Å². The molecule has 0 saturated carbocycles. The lowest BCUT2D eigenvalue weighted by molar-refractivity contribution is -0.129. The second kappa shape index (κ2) is 5.71. The zero-order chi connectivity index (χ0) is 20.5. The van der Waals surface area contributed by atoms with Crippen LogP contribution >= 0.6 is 0 Å². The summed E-state index contributed by atoms with van der Waals surface area (Å²) in [5, 5.41) is 42.7. The number of benzene rings is 2. The van der Waals surface area contributed by atoms with E-state index in [9.17, 15) is 34.8 Å². The Labute approximate surface area is 158 Å². The molecule has 0 unspecified atom stereocenters. The molecule has 6 N–H and O–H groups in total. The molecule has 4 rings (SSSR count). The average molecular weight is 383 g/mol. The number of phenols is 2. The predicted octanol–water partition coefficient (Wildman–Crippen LogP) is 0.630. The van der Waals surface area contributed by atoms with E-state index in [0.717, 1.165) is 6.92 Å². The first-order valence-electron chi connectivity index (χ1n) is 8.57. The minimum Gasteiger partial charge on any atom is -0.507 e. The standard InChI is InChI=1S/C20H17NO7/c1-7(22)20(21)6-10(23)11-14(19(20)28)18(27)13-12(17(11)26)15(24)8-4-2-3-5-9(8)16(13)25/h2-5,10,19,23,26-28H,6,21H2,1H3/t10-,19+,20+/m0/s1. The maximum absolute atomic E-state index is 12.9. The van der Waals surface area contributed by atoms with Crippen molar-refractivity contribution in [1.82, 2.24) is 0 Å². The van der Waals surface area contributed by atoms with Gasteiger partial charge in [-0.1, -0.05) is 24.3 Å². The zero-order valence-electron chi connectivity index (χ0n) is 14.8. The minimum absolute atomic E-state index is 0.0334. The first-order valence-corrected chi connectivity index (χ1v) is 8.57. The van der Waals surface area contributed by atoms with E-state index in [-0.39, 0.29) is 16.7 Å². The highest BCUT2D eigenvalue weighted by molar-refractivity contribution is 6.30. The number of nitrogens with two attached hydrogens (primary N) is 1. The Morgan fingerprint density at radius 1 is 1.00 bits per heavy atom. The summed E-state index contributed by atoms with van der Waals surface area (Å²) in [5.41, 5.74) is 2.47. The molecule has 2 aromatic rings. The van der Waals surface area contributed by atoms with E-state index in [1.807, 2.05) is 0 Å². The van der Waals surface area contributed by atoms with Gasteiger partial charge in [0, 0.05) is 28.7 Å². The molecule has 0 bridgehead atoms. The summed E-state index contributed by atoms with van der Waals surface area (Å²) in [6.07, 6.45) is -3.76. The number of carbonyl (C=O) groups is 3. The van der Waals surface area contributed by atoms with Gasteiger partial charge in [-0.15, -0.1) is 0 Å². The van der Waals surface area contributed by atoms with Gasteiger partial charge in [-0.2, -0.15) is 0 Å². The van der Waals surface area contributed by atoms with Crippen LogP contribution in [0, 0.1) is 0 Å². The molecule has 0 aliphatic heterocycles. The number of aliphatic hydroxyl groups is 2. The zero-order valence-corrected chi connectivity index (χ0v) is 14.8. The molecule has 8 nitrogen and oxygen atoms in total. The molecule has 144 valence electrons. The van der Waals surface area contributed by atoms with Crippen molar-refractivity contribution >= 4 is 17.3 Å².